The van der Waals surface area contributed by atoms with Crippen LogP contribution < -0.4 is 16.0 Å². The summed E-state index contributed by atoms with van der Waals surface area (Å²) < 4.78 is 5.47. The molecule has 27 heavy (non-hydrogen) atoms. The summed E-state index contributed by atoms with van der Waals surface area (Å²) in [6.45, 7) is 12.6. The molecule has 9 heteroatoms. The van der Waals surface area contributed by atoms with Crippen LogP contribution in [-0.2, 0) is 9.53 Å². The lowest BCUT2D eigenvalue weighted by Crippen LogP contribution is -2.49. The van der Waals surface area contributed by atoms with Gasteiger partial charge in [-0.05, 0) is 54.4 Å². The number of ether oxygens (including phenoxy) is 1. The summed E-state index contributed by atoms with van der Waals surface area (Å²) in [6, 6.07) is 0.263. The van der Waals surface area contributed by atoms with Crippen LogP contribution in [0.25, 0.3) is 0 Å². The average Bonchev–Trinajstić information content (AvgIpc) is 3.27. The van der Waals surface area contributed by atoms with Gasteiger partial charge in [0.2, 0.25) is 5.91 Å². The average molecular weight is 497 g/mol. The molecule has 1 saturated carbocycles. The van der Waals surface area contributed by atoms with Crippen molar-refractivity contribution in [3.63, 3.8) is 0 Å². The van der Waals surface area contributed by atoms with Crippen LogP contribution in [0.15, 0.2) is 4.99 Å². The van der Waals surface area contributed by atoms with Gasteiger partial charge in [0.05, 0.1) is 6.54 Å². The highest BCUT2D eigenvalue weighted by atomic mass is 127. The third-order valence-electron chi connectivity index (χ3n) is 3.42. The zero-order chi connectivity index (χ0) is 20.0. The van der Waals surface area contributed by atoms with Crippen LogP contribution in [0.1, 0.15) is 54.4 Å². The molecule has 0 bridgehead atoms. The lowest BCUT2D eigenvalue weighted by Gasteiger charge is -2.27. The molecule has 0 spiro atoms. The van der Waals surface area contributed by atoms with Crippen LogP contribution in [-0.4, -0.2) is 66.7 Å². The Bertz CT molecular complexity index is 522. The van der Waals surface area contributed by atoms with Crippen LogP contribution in [0, 0.1) is 0 Å². The van der Waals surface area contributed by atoms with Gasteiger partial charge in [0.1, 0.15) is 5.60 Å². The number of halogens is 1. The number of hydrogen-bond acceptors (Lipinski definition) is 4. The minimum atomic E-state index is -0.504. The molecule has 0 unspecified atom stereocenters. The van der Waals surface area contributed by atoms with Gasteiger partial charge in [-0.25, -0.2) is 4.79 Å². The predicted molar refractivity (Wildman–Crippen MR) is 119 cm³/mol. The van der Waals surface area contributed by atoms with Crippen molar-refractivity contribution in [2.75, 3.05) is 26.7 Å². The summed E-state index contributed by atoms with van der Waals surface area (Å²) in [6.07, 6.45) is 1.74. The van der Waals surface area contributed by atoms with E-state index in [0.29, 0.717) is 19.0 Å². The maximum absolute atomic E-state index is 12.3. The summed E-state index contributed by atoms with van der Waals surface area (Å²) in [4.78, 5) is 30.0. The molecule has 0 saturated heterocycles. The van der Waals surface area contributed by atoms with Crippen molar-refractivity contribution >= 4 is 41.9 Å². The van der Waals surface area contributed by atoms with E-state index >= 15 is 0 Å². The molecule has 0 aliphatic heterocycles. The second-order valence-electron chi connectivity index (χ2n) is 8.56. The van der Waals surface area contributed by atoms with Gasteiger partial charge in [-0.1, -0.05) is 0 Å². The molecule has 1 aliphatic carbocycles. The topological polar surface area (TPSA) is 95.1 Å². The molecule has 1 aliphatic rings. The van der Waals surface area contributed by atoms with Gasteiger partial charge in [-0.3, -0.25) is 9.79 Å². The van der Waals surface area contributed by atoms with E-state index in [1.165, 1.54) is 0 Å². The number of rotatable bonds is 6. The highest BCUT2D eigenvalue weighted by Crippen LogP contribution is 2.27. The predicted octanol–water partition coefficient (Wildman–Crippen LogP) is 2.08. The van der Waals surface area contributed by atoms with Crippen molar-refractivity contribution in [3.8, 4) is 0 Å². The molecule has 3 N–H and O–H groups in total. The zero-order valence-electron chi connectivity index (χ0n) is 17.6. The fraction of sp³-hybridized carbons (Fsp3) is 0.833. The molecular formula is C18H36IN5O3. The van der Waals surface area contributed by atoms with E-state index < -0.39 is 5.60 Å². The summed E-state index contributed by atoms with van der Waals surface area (Å²) in [5.41, 5.74) is -0.774. The Labute approximate surface area is 180 Å². The standard InChI is InChI=1S/C18H35N5O3.HI/c1-17(2,3)22-14(24)12-21-15(19-7)20-10-11-23(13-8-9-13)16(25)26-18(4,5)6;/h13H,8-12H2,1-7H3,(H,22,24)(H2,19,20,21);1H. The van der Waals surface area contributed by atoms with Crippen LogP contribution >= 0.6 is 24.0 Å². The minimum Gasteiger partial charge on any atom is -0.444 e. The van der Waals surface area contributed by atoms with Crippen LogP contribution in [0.3, 0.4) is 0 Å². The number of nitrogens with one attached hydrogen (secondary N) is 3. The Morgan fingerprint density at radius 2 is 1.70 bits per heavy atom. The lowest BCUT2D eigenvalue weighted by molar-refractivity contribution is -0.121. The second kappa shape index (κ2) is 10.9. The summed E-state index contributed by atoms with van der Waals surface area (Å²) >= 11 is 0. The number of guanidine groups is 1. The number of nitrogens with zero attached hydrogens (tertiary/aromatic N) is 2. The van der Waals surface area contributed by atoms with E-state index in [4.69, 9.17) is 4.74 Å². The number of amides is 2. The molecular weight excluding hydrogens is 461 g/mol. The summed E-state index contributed by atoms with van der Waals surface area (Å²) in [7, 11) is 1.64. The highest BCUT2D eigenvalue weighted by Gasteiger charge is 2.34. The number of hydrogen-bond donors (Lipinski definition) is 3. The van der Waals surface area contributed by atoms with E-state index in [0.717, 1.165) is 12.8 Å². The highest BCUT2D eigenvalue weighted by molar-refractivity contribution is 14.0. The quantitative estimate of drug-likeness (QED) is 0.297. The Hall–Kier alpha value is -1.26. The third kappa shape index (κ3) is 11.9. The van der Waals surface area contributed by atoms with Gasteiger partial charge in [0.25, 0.3) is 0 Å². The van der Waals surface area contributed by atoms with Crippen molar-refractivity contribution in [1.29, 1.82) is 0 Å². The monoisotopic (exact) mass is 497 g/mol. The first-order valence-corrected chi connectivity index (χ1v) is 9.16. The van der Waals surface area contributed by atoms with Crippen molar-refractivity contribution in [2.45, 2.75) is 71.6 Å². The van der Waals surface area contributed by atoms with Crippen molar-refractivity contribution < 1.29 is 14.3 Å². The van der Waals surface area contributed by atoms with Crippen molar-refractivity contribution in [1.82, 2.24) is 20.9 Å². The van der Waals surface area contributed by atoms with Crippen molar-refractivity contribution in [3.05, 3.63) is 0 Å². The fourth-order valence-electron chi connectivity index (χ4n) is 2.27. The van der Waals surface area contributed by atoms with Gasteiger partial charge in [-0.2, -0.15) is 0 Å². The summed E-state index contributed by atoms with van der Waals surface area (Å²) in [5.74, 6) is 0.419. The van der Waals surface area contributed by atoms with E-state index in [1.54, 1.807) is 11.9 Å². The number of carbonyl (C=O) groups excluding carboxylic acids is 2. The molecule has 1 rings (SSSR count). The normalized spacial score (nSPS) is 14.7. The second-order valence-corrected chi connectivity index (χ2v) is 8.56. The zero-order valence-corrected chi connectivity index (χ0v) is 20.0. The van der Waals surface area contributed by atoms with E-state index in [-0.39, 0.29) is 54.1 Å². The maximum atomic E-state index is 12.3. The first kappa shape index (κ1) is 25.7. The van der Waals surface area contributed by atoms with Gasteiger partial charge < -0.3 is 25.6 Å². The van der Waals surface area contributed by atoms with E-state index in [2.05, 4.69) is 20.9 Å². The number of aliphatic imine (C=N–C) groups is 1. The smallest absolute Gasteiger partial charge is 0.410 e. The fourth-order valence-corrected chi connectivity index (χ4v) is 2.27. The Morgan fingerprint density at radius 3 is 2.15 bits per heavy atom. The molecule has 0 atom stereocenters. The molecule has 0 aromatic rings. The Morgan fingerprint density at radius 1 is 1.11 bits per heavy atom. The number of carbonyl (C=O) groups is 2. The van der Waals surface area contributed by atoms with Crippen LogP contribution in [0.5, 0.6) is 0 Å². The van der Waals surface area contributed by atoms with Crippen molar-refractivity contribution in [2.24, 2.45) is 4.99 Å². The molecule has 0 aromatic heterocycles. The molecule has 158 valence electrons. The molecule has 0 radical (unpaired) electrons. The van der Waals surface area contributed by atoms with E-state index in [9.17, 15) is 9.59 Å². The van der Waals surface area contributed by atoms with Gasteiger partial charge >= 0.3 is 6.09 Å². The molecule has 0 aromatic carbocycles. The maximum Gasteiger partial charge on any atom is 0.410 e. The molecule has 0 heterocycles. The largest absolute Gasteiger partial charge is 0.444 e. The summed E-state index contributed by atoms with van der Waals surface area (Å²) in [5, 5.41) is 8.98. The van der Waals surface area contributed by atoms with Crippen LogP contribution in [0.4, 0.5) is 4.79 Å². The molecule has 1 fully saturated rings. The lowest BCUT2D eigenvalue weighted by atomic mass is 10.1. The molecule has 2 amide bonds. The first-order chi connectivity index (χ1) is 11.9. The Kier molecular flexibility index (Phi) is 10.4. The Balaban J connectivity index is 0.00000676. The van der Waals surface area contributed by atoms with Crippen LogP contribution in [0.2, 0.25) is 0 Å². The van der Waals surface area contributed by atoms with Gasteiger partial charge in [0.15, 0.2) is 5.96 Å². The van der Waals surface area contributed by atoms with Gasteiger partial charge in [0, 0.05) is 31.7 Å². The molecule has 8 nitrogen and oxygen atoms in total. The van der Waals surface area contributed by atoms with E-state index in [1.807, 2.05) is 41.5 Å². The SMILES string of the molecule is CN=C(NCCN(C(=O)OC(C)(C)C)C1CC1)NCC(=O)NC(C)(C)C.I. The van der Waals surface area contributed by atoms with Gasteiger partial charge in [-0.15, -0.1) is 24.0 Å². The third-order valence-corrected chi connectivity index (χ3v) is 3.42. The first-order valence-electron chi connectivity index (χ1n) is 9.16. The minimum absolute atomic E-state index is 0.